The monoisotopic (exact) mass is 427 g/mol. The molecule has 0 saturated carbocycles. The second-order valence-corrected chi connectivity index (χ2v) is 7.83. The number of hydrogen-bond acceptors (Lipinski definition) is 4. The molecular formula is C26H27N4O2+. The minimum atomic E-state index is -0.0244. The van der Waals surface area contributed by atoms with Gasteiger partial charge in [-0.15, -0.1) is 0 Å². The van der Waals surface area contributed by atoms with Gasteiger partial charge in [0.15, 0.2) is 0 Å². The van der Waals surface area contributed by atoms with Crippen LogP contribution in [0.5, 0.6) is 11.5 Å². The average molecular weight is 428 g/mol. The molecule has 3 aromatic rings. The van der Waals surface area contributed by atoms with E-state index in [0.29, 0.717) is 12.3 Å². The Morgan fingerprint density at radius 3 is 2.62 bits per heavy atom. The maximum absolute atomic E-state index is 12.0. The zero-order valence-corrected chi connectivity index (χ0v) is 17.9. The Labute approximate surface area is 188 Å². The van der Waals surface area contributed by atoms with Crippen LogP contribution in [0, 0.1) is 5.41 Å². The molecule has 1 atom stereocenters. The molecule has 1 amide bonds. The smallest absolute Gasteiger partial charge is 0.246 e. The van der Waals surface area contributed by atoms with E-state index in [1.165, 1.54) is 6.08 Å². The van der Waals surface area contributed by atoms with Crippen molar-refractivity contribution in [1.82, 2.24) is 9.88 Å². The van der Waals surface area contributed by atoms with E-state index in [9.17, 15) is 4.79 Å². The molecule has 162 valence electrons. The summed E-state index contributed by atoms with van der Waals surface area (Å²) in [5, 5.41) is 10.9. The molecule has 1 aliphatic rings. The van der Waals surface area contributed by atoms with Crippen LogP contribution >= 0.6 is 0 Å². The molecule has 1 aliphatic heterocycles. The fourth-order valence-corrected chi connectivity index (χ4v) is 3.96. The first kappa shape index (κ1) is 21.5. The van der Waals surface area contributed by atoms with Gasteiger partial charge in [0.2, 0.25) is 5.91 Å². The van der Waals surface area contributed by atoms with Crippen LogP contribution in [0.2, 0.25) is 0 Å². The molecule has 6 heteroatoms. The molecule has 1 saturated heterocycles. The third kappa shape index (κ3) is 5.10. The van der Waals surface area contributed by atoms with Crippen molar-refractivity contribution in [3.05, 3.63) is 96.8 Å². The van der Waals surface area contributed by atoms with Gasteiger partial charge in [0.25, 0.3) is 0 Å². The summed E-state index contributed by atoms with van der Waals surface area (Å²) >= 11 is 0. The van der Waals surface area contributed by atoms with Crippen molar-refractivity contribution >= 4 is 17.3 Å². The van der Waals surface area contributed by atoms with Gasteiger partial charge in [-0.05, 0) is 48.9 Å². The topological polar surface area (TPSA) is 82.9 Å². The van der Waals surface area contributed by atoms with Crippen LogP contribution in [-0.2, 0) is 4.79 Å². The van der Waals surface area contributed by atoms with Gasteiger partial charge in [0.1, 0.15) is 23.2 Å². The third-order valence-corrected chi connectivity index (χ3v) is 5.61. The Morgan fingerprint density at radius 2 is 1.88 bits per heavy atom. The zero-order valence-electron chi connectivity index (χ0n) is 17.9. The quantitative estimate of drug-likeness (QED) is 0.446. The molecule has 2 heterocycles. The summed E-state index contributed by atoms with van der Waals surface area (Å²) < 4.78 is 5.85. The molecule has 32 heavy (non-hydrogen) atoms. The molecule has 0 aliphatic carbocycles. The largest absolute Gasteiger partial charge is 0.457 e. The van der Waals surface area contributed by atoms with Gasteiger partial charge in [-0.25, -0.2) is 0 Å². The predicted octanol–water partition coefficient (Wildman–Crippen LogP) is 3.66. The number of nitrogens with two attached hydrogens (primary N) is 1. The highest BCUT2D eigenvalue weighted by molar-refractivity contribution is 6.13. The van der Waals surface area contributed by atoms with Gasteiger partial charge in [0, 0.05) is 37.0 Å². The number of piperidine rings is 1. The van der Waals surface area contributed by atoms with Crippen LogP contribution < -0.4 is 10.1 Å². The minimum Gasteiger partial charge on any atom is -0.457 e. The van der Waals surface area contributed by atoms with Crippen LogP contribution in [0.15, 0.2) is 85.7 Å². The summed E-state index contributed by atoms with van der Waals surface area (Å²) in [5.74, 6) is 1.47. The number of quaternary nitrogens is 1. The highest BCUT2D eigenvalue weighted by atomic mass is 16.5. The molecule has 2 aromatic carbocycles. The maximum Gasteiger partial charge on any atom is 0.246 e. The Kier molecular flexibility index (Phi) is 6.72. The van der Waals surface area contributed by atoms with Crippen LogP contribution in [0.25, 0.3) is 0 Å². The number of carbonyl (C=O) groups excluding carboxylic acids is 1. The second-order valence-electron chi connectivity index (χ2n) is 7.83. The average Bonchev–Trinajstić information content (AvgIpc) is 2.85. The summed E-state index contributed by atoms with van der Waals surface area (Å²) in [4.78, 5) is 18.1. The van der Waals surface area contributed by atoms with Crippen LogP contribution in [0.4, 0.5) is 5.69 Å². The van der Waals surface area contributed by atoms with Crippen LogP contribution in [0.1, 0.15) is 24.0 Å². The number of aromatic nitrogens is 1. The predicted molar refractivity (Wildman–Crippen MR) is 125 cm³/mol. The number of carbonyl (C=O) groups is 1. The van der Waals surface area contributed by atoms with Gasteiger partial charge in [0.05, 0.1) is 17.8 Å². The van der Waals surface area contributed by atoms with Gasteiger partial charge in [-0.1, -0.05) is 24.8 Å². The number of rotatable bonds is 7. The zero-order chi connectivity index (χ0) is 22.3. The summed E-state index contributed by atoms with van der Waals surface area (Å²) in [6.45, 7) is 5.04. The second kappa shape index (κ2) is 10.0. The van der Waals surface area contributed by atoms with Crippen molar-refractivity contribution in [2.45, 2.75) is 18.9 Å². The van der Waals surface area contributed by atoms with E-state index >= 15 is 0 Å². The lowest BCUT2D eigenvalue weighted by Crippen LogP contribution is -2.87. The first-order valence-corrected chi connectivity index (χ1v) is 10.8. The number of nitrogens with zero attached hydrogens (tertiary/aromatic N) is 2. The minimum absolute atomic E-state index is 0.0244. The van der Waals surface area contributed by atoms with Crippen molar-refractivity contribution in [3.8, 4) is 11.5 Å². The van der Waals surface area contributed by atoms with Crippen molar-refractivity contribution in [2.24, 2.45) is 0 Å². The molecule has 1 aromatic heterocycles. The lowest BCUT2D eigenvalue weighted by atomic mass is 10.0. The van der Waals surface area contributed by atoms with Crippen LogP contribution in [-0.4, -0.2) is 40.6 Å². The fraction of sp³-hybridized carbons (Fsp3) is 0.192. The number of likely N-dealkylation sites (tertiary alicyclic amines) is 1. The number of hydrogen-bond donors (Lipinski definition) is 2. The fourth-order valence-electron chi connectivity index (χ4n) is 3.96. The third-order valence-electron chi connectivity index (χ3n) is 5.61. The lowest BCUT2D eigenvalue weighted by molar-refractivity contribution is -0.613. The van der Waals surface area contributed by atoms with E-state index in [1.807, 2.05) is 65.6 Å². The van der Waals surface area contributed by atoms with E-state index in [0.717, 1.165) is 47.7 Å². The first-order valence-electron chi connectivity index (χ1n) is 10.8. The van der Waals surface area contributed by atoms with E-state index in [1.54, 1.807) is 12.4 Å². The van der Waals surface area contributed by atoms with E-state index < -0.39 is 0 Å². The number of ether oxygens (including phenoxy) is 1. The van der Waals surface area contributed by atoms with E-state index in [2.05, 4.69) is 16.9 Å². The maximum atomic E-state index is 12.0. The molecular weight excluding hydrogens is 400 g/mol. The highest BCUT2D eigenvalue weighted by Gasteiger charge is 2.26. The molecule has 4 rings (SSSR count). The van der Waals surface area contributed by atoms with Gasteiger partial charge in [-0.2, -0.15) is 0 Å². The van der Waals surface area contributed by atoms with Crippen molar-refractivity contribution in [3.63, 3.8) is 0 Å². The molecule has 1 fully saturated rings. The summed E-state index contributed by atoms with van der Waals surface area (Å²) in [5.41, 5.74) is 2.94. The molecule has 1 unspecified atom stereocenters. The molecule has 0 bridgehead atoms. The summed E-state index contributed by atoms with van der Waals surface area (Å²) in [6.07, 6.45) is 6.83. The Morgan fingerprint density at radius 1 is 1.12 bits per heavy atom. The molecule has 6 nitrogen and oxygen atoms in total. The summed E-state index contributed by atoms with van der Waals surface area (Å²) in [6, 6.07) is 19.3. The van der Waals surface area contributed by atoms with Crippen molar-refractivity contribution in [2.75, 3.05) is 13.1 Å². The van der Waals surface area contributed by atoms with Gasteiger partial charge in [-0.3, -0.25) is 15.2 Å². The number of para-hydroxylation sites is 1. The van der Waals surface area contributed by atoms with Crippen LogP contribution in [0.3, 0.4) is 0 Å². The normalized spacial score (nSPS) is 15.8. The molecule has 3 N–H and O–H groups in total. The van der Waals surface area contributed by atoms with Crippen molar-refractivity contribution in [1.29, 1.82) is 5.41 Å². The number of benzene rings is 2. The Hall–Kier alpha value is -3.77. The van der Waals surface area contributed by atoms with Gasteiger partial charge >= 0.3 is 0 Å². The lowest BCUT2D eigenvalue weighted by Gasteiger charge is -2.30. The van der Waals surface area contributed by atoms with Gasteiger partial charge < -0.3 is 15.0 Å². The standard InChI is InChI=1S/C26H26N4O2/c1-2-25(31)30-16-6-7-20(18-30)29-24-14-15-28-17-23(24)26(27)19-10-12-22(13-11-19)32-21-8-4-3-5-9-21/h2-5,8-15,17,20,27H,1,6-7,16,18H2,(H,28,29)/p+1. The number of nitrogens with one attached hydrogen (secondary N) is 1. The Bertz CT molecular complexity index is 1100. The first-order chi connectivity index (χ1) is 15.6. The van der Waals surface area contributed by atoms with Crippen molar-refractivity contribution < 1.29 is 14.8 Å². The molecule has 0 radical (unpaired) electrons. The Balaban J connectivity index is 1.47. The SMILES string of the molecule is C=CC(=O)N1CCCC([NH2+]c2ccncc2C(=N)c2ccc(Oc3ccccc3)cc2)C1. The number of amides is 1. The number of pyridine rings is 1. The van der Waals surface area contributed by atoms with E-state index in [-0.39, 0.29) is 11.9 Å². The summed E-state index contributed by atoms with van der Waals surface area (Å²) in [7, 11) is 0. The molecule has 0 spiro atoms. The highest BCUT2D eigenvalue weighted by Crippen LogP contribution is 2.23. The van der Waals surface area contributed by atoms with E-state index in [4.69, 9.17) is 10.1 Å².